The minimum absolute atomic E-state index is 0.102. The Labute approximate surface area is 198 Å². The van der Waals surface area contributed by atoms with Crippen LogP contribution in [0.2, 0.25) is 0 Å². The number of anilines is 2. The van der Waals surface area contributed by atoms with E-state index >= 15 is 0 Å². The predicted molar refractivity (Wildman–Crippen MR) is 126 cm³/mol. The number of methoxy groups -OCH3 is 1. The summed E-state index contributed by atoms with van der Waals surface area (Å²) in [5, 5.41) is 16.6. The van der Waals surface area contributed by atoms with Gasteiger partial charge in [0.2, 0.25) is 5.91 Å². The molecule has 0 fully saturated rings. The van der Waals surface area contributed by atoms with E-state index in [0.29, 0.717) is 18.5 Å². The highest BCUT2D eigenvalue weighted by Gasteiger charge is 2.36. The van der Waals surface area contributed by atoms with E-state index in [1.807, 2.05) is 44.1 Å². The Morgan fingerprint density at radius 2 is 2.12 bits per heavy atom. The molecule has 8 nitrogen and oxygen atoms in total. The number of halogens is 1. The number of carbonyl (C=O) groups is 1. The molecule has 0 unspecified atom stereocenters. The smallest absolute Gasteiger partial charge is 0.249 e. The van der Waals surface area contributed by atoms with Crippen molar-refractivity contribution in [2.45, 2.75) is 45.4 Å². The van der Waals surface area contributed by atoms with E-state index in [0.717, 1.165) is 40.3 Å². The number of pyridine rings is 1. The van der Waals surface area contributed by atoms with Gasteiger partial charge in [0.1, 0.15) is 11.9 Å². The lowest BCUT2D eigenvalue weighted by Gasteiger charge is -2.38. The molecule has 2 atom stereocenters. The molecule has 0 spiro atoms. The first-order valence-corrected chi connectivity index (χ1v) is 11.1. The largest absolute Gasteiger partial charge is 0.379 e. The third kappa shape index (κ3) is 4.63. The normalized spacial score (nSPS) is 16.1. The Morgan fingerprint density at radius 1 is 1.32 bits per heavy atom. The topological polar surface area (TPSA) is 96.1 Å². The van der Waals surface area contributed by atoms with E-state index in [-0.39, 0.29) is 12.0 Å². The molecular weight excluding hydrogens is 435 g/mol. The van der Waals surface area contributed by atoms with E-state index in [2.05, 4.69) is 10.4 Å². The lowest BCUT2D eigenvalue weighted by Crippen LogP contribution is -2.52. The van der Waals surface area contributed by atoms with Crippen LogP contribution in [0.15, 0.2) is 36.7 Å². The lowest BCUT2D eigenvalue weighted by molar-refractivity contribution is -0.120. The molecule has 0 saturated carbocycles. The van der Waals surface area contributed by atoms with Crippen LogP contribution in [0.4, 0.5) is 15.8 Å². The summed E-state index contributed by atoms with van der Waals surface area (Å²) in [5.74, 6) is -0.530. The van der Waals surface area contributed by atoms with Gasteiger partial charge in [-0.15, -0.1) is 0 Å². The summed E-state index contributed by atoms with van der Waals surface area (Å²) in [6.45, 7) is 4.16. The molecule has 1 aliphatic rings. The lowest BCUT2D eigenvalue weighted by atomic mass is 10.0. The number of hydrogen-bond donors (Lipinski definition) is 1. The van der Waals surface area contributed by atoms with Crippen molar-refractivity contribution in [1.82, 2.24) is 14.8 Å². The minimum Gasteiger partial charge on any atom is -0.379 e. The van der Waals surface area contributed by atoms with Crippen LogP contribution in [0, 0.1) is 24.1 Å². The molecule has 0 bridgehead atoms. The van der Waals surface area contributed by atoms with Gasteiger partial charge in [-0.05, 0) is 56.0 Å². The van der Waals surface area contributed by atoms with Crippen LogP contribution in [0.25, 0.3) is 0 Å². The Hall–Kier alpha value is -3.77. The van der Waals surface area contributed by atoms with Crippen molar-refractivity contribution < 1.29 is 13.9 Å². The zero-order valence-electron chi connectivity index (χ0n) is 19.7. The number of nitriles is 1. The Kier molecular flexibility index (Phi) is 6.61. The van der Waals surface area contributed by atoms with E-state index < -0.39 is 11.9 Å². The van der Waals surface area contributed by atoms with Crippen LogP contribution < -0.4 is 10.2 Å². The van der Waals surface area contributed by atoms with Crippen molar-refractivity contribution in [3.05, 3.63) is 70.6 Å². The molecule has 3 aromatic rings. The molecule has 4 rings (SSSR count). The van der Waals surface area contributed by atoms with Crippen molar-refractivity contribution in [2.24, 2.45) is 0 Å². The molecule has 176 valence electrons. The van der Waals surface area contributed by atoms with Crippen molar-refractivity contribution in [2.75, 3.05) is 24.4 Å². The monoisotopic (exact) mass is 462 g/mol. The number of rotatable bonds is 7. The summed E-state index contributed by atoms with van der Waals surface area (Å²) in [5.41, 5.74) is 5.40. The van der Waals surface area contributed by atoms with Crippen molar-refractivity contribution in [1.29, 1.82) is 5.26 Å². The second kappa shape index (κ2) is 9.61. The Bertz CT molecular complexity index is 1260. The molecule has 1 aliphatic heterocycles. The van der Waals surface area contributed by atoms with Gasteiger partial charge in [-0.1, -0.05) is 6.07 Å². The van der Waals surface area contributed by atoms with Gasteiger partial charge in [-0.25, -0.2) is 4.39 Å². The maximum Gasteiger partial charge on any atom is 0.249 e. The van der Waals surface area contributed by atoms with E-state index in [1.54, 1.807) is 24.1 Å². The molecular formula is C25H27FN6O2. The highest BCUT2D eigenvalue weighted by molar-refractivity contribution is 6.04. The highest BCUT2D eigenvalue weighted by Crippen LogP contribution is 2.35. The number of ether oxygens (including phenoxy) is 1. The zero-order valence-corrected chi connectivity index (χ0v) is 19.7. The summed E-state index contributed by atoms with van der Waals surface area (Å²) >= 11 is 0. The van der Waals surface area contributed by atoms with Crippen molar-refractivity contribution in [3.63, 3.8) is 0 Å². The number of amides is 1. The number of aromatic nitrogens is 3. The summed E-state index contributed by atoms with van der Waals surface area (Å²) in [4.78, 5) is 19.2. The number of nitrogens with one attached hydrogen (secondary N) is 1. The van der Waals surface area contributed by atoms with Crippen LogP contribution >= 0.6 is 0 Å². The Morgan fingerprint density at radius 3 is 2.85 bits per heavy atom. The summed E-state index contributed by atoms with van der Waals surface area (Å²) < 4.78 is 20.5. The summed E-state index contributed by atoms with van der Waals surface area (Å²) in [6.07, 6.45) is 4.89. The molecule has 34 heavy (non-hydrogen) atoms. The quantitative estimate of drug-likeness (QED) is 0.579. The molecule has 9 heteroatoms. The van der Waals surface area contributed by atoms with Crippen LogP contribution in [0.1, 0.15) is 35.0 Å². The van der Waals surface area contributed by atoms with Crippen LogP contribution in [0.3, 0.4) is 0 Å². The molecule has 1 amide bonds. The third-order valence-corrected chi connectivity index (χ3v) is 6.24. The molecule has 2 aromatic heterocycles. The van der Waals surface area contributed by atoms with E-state index in [9.17, 15) is 14.4 Å². The van der Waals surface area contributed by atoms with Crippen molar-refractivity contribution in [3.8, 4) is 6.07 Å². The molecule has 3 heterocycles. The third-order valence-electron chi connectivity index (χ3n) is 6.24. The zero-order chi connectivity index (χ0) is 24.4. The summed E-state index contributed by atoms with van der Waals surface area (Å²) in [6, 6.07) is 7.82. The Balaban J connectivity index is 1.48. The fraction of sp³-hybridized carbons (Fsp3) is 0.360. The number of nitrogens with zero attached hydrogens (tertiary/aromatic N) is 5. The average molecular weight is 463 g/mol. The van der Waals surface area contributed by atoms with Gasteiger partial charge in [0.25, 0.3) is 0 Å². The van der Waals surface area contributed by atoms with Gasteiger partial charge in [-0.3, -0.25) is 14.5 Å². The van der Waals surface area contributed by atoms with Gasteiger partial charge in [-0.2, -0.15) is 10.4 Å². The SMILES string of the molecule is CO[C@H](C)[C@H]1C(=O)Nc2c(cc(CCc3cnn(Cc4ccc(F)cc4C#N)c3)nc2C)N1C. The fourth-order valence-electron chi connectivity index (χ4n) is 4.32. The highest BCUT2D eigenvalue weighted by atomic mass is 19.1. The second-order valence-corrected chi connectivity index (χ2v) is 8.54. The van der Waals surface area contributed by atoms with Crippen LogP contribution in [0.5, 0.6) is 0 Å². The predicted octanol–water partition coefficient (Wildman–Crippen LogP) is 3.22. The number of hydrogen-bond acceptors (Lipinski definition) is 6. The first-order chi connectivity index (χ1) is 16.3. The van der Waals surface area contributed by atoms with Crippen molar-refractivity contribution >= 4 is 17.3 Å². The van der Waals surface area contributed by atoms with Crippen LogP contribution in [-0.4, -0.2) is 47.0 Å². The average Bonchev–Trinajstić information content (AvgIpc) is 3.26. The molecule has 0 radical (unpaired) electrons. The second-order valence-electron chi connectivity index (χ2n) is 8.54. The number of aryl methyl sites for hydroxylation is 3. The van der Waals surface area contributed by atoms with E-state index in [1.165, 1.54) is 12.1 Å². The molecule has 1 N–H and O–H groups in total. The van der Waals surface area contributed by atoms with Gasteiger partial charge < -0.3 is 15.0 Å². The van der Waals surface area contributed by atoms with Crippen LogP contribution in [-0.2, 0) is 28.9 Å². The van der Waals surface area contributed by atoms with Gasteiger partial charge >= 0.3 is 0 Å². The first-order valence-electron chi connectivity index (χ1n) is 11.1. The number of fused-ring (bicyclic) bond motifs is 1. The number of likely N-dealkylation sites (N-methyl/N-ethyl adjacent to an activating group) is 1. The van der Waals surface area contributed by atoms with Gasteiger partial charge in [0.15, 0.2) is 0 Å². The van der Waals surface area contributed by atoms with E-state index in [4.69, 9.17) is 9.72 Å². The minimum atomic E-state index is -0.428. The maximum absolute atomic E-state index is 13.4. The molecule has 0 saturated heterocycles. The van der Waals surface area contributed by atoms with Gasteiger partial charge in [0, 0.05) is 26.0 Å². The summed E-state index contributed by atoms with van der Waals surface area (Å²) in [7, 11) is 3.50. The molecule has 1 aromatic carbocycles. The van der Waals surface area contributed by atoms with Gasteiger partial charge in [0.05, 0.1) is 47.5 Å². The first kappa shape index (κ1) is 23.4. The molecule has 0 aliphatic carbocycles. The number of benzene rings is 1. The maximum atomic E-state index is 13.4. The standard InChI is InChI=1S/C25H27FN6O2/c1-15-23-22(31(3)24(16(2)34-4)25(33)30-23)10-21(29-15)8-5-17-12-28-32(13-17)14-18-6-7-20(26)9-19(18)11-27/h6-7,9-10,12-13,16,24H,5,8,14H2,1-4H3,(H,30,33)/t16-,24+/m1/s1. The number of carbonyl (C=O) groups excluding carboxylic acids is 1. The fourth-order valence-corrected chi connectivity index (χ4v) is 4.32.